The van der Waals surface area contributed by atoms with Gasteiger partial charge in [-0.05, 0) is 42.8 Å². The van der Waals surface area contributed by atoms with Crippen LogP contribution in [0.1, 0.15) is 16.8 Å². The molecule has 25 heavy (non-hydrogen) atoms. The number of hydrogen-bond donors (Lipinski definition) is 2. The molecule has 0 radical (unpaired) electrons. The minimum Gasteiger partial charge on any atom is -0.497 e. The number of nitrogens with one attached hydrogen (secondary N) is 1. The molecule has 130 valence electrons. The zero-order valence-corrected chi connectivity index (χ0v) is 14.1. The molecule has 6 nitrogen and oxygen atoms in total. The van der Waals surface area contributed by atoms with E-state index in [2.05, 4.69) is 21.9 Å². The molecule has 0 aromatic heterocycles. The summed E-state index contributed by atoms with van der Waals surface area (Å²) in [6.45, 7) is 1.95. The minimum absolute atomic E-state index is 0.452. The van der Waals surface area contributed by atoms with Gasteiger partial charge < -0.3 is 14.5 Å². The topological polar surface area (TPSA) is 65.0 Å². The number of amides is 1. The lowest BCUT2D eigenvalue weighted by molar-refractivity contribution is 0.0706. The van der Waals surface area contributed by atoms with Crippen molar-refractivity contribution in [3.8, 4) is 5.75 Å². The van der Waals surface area contributed by atoms with Crippen molar-refractivity contribution in [2.24, 2.45) is 0 Å². The summed E-state index contributed by atoms with van der Waals surface area (Å²) in [5, 5.41) is 8.71. The summed E-state index contributed by atoms with van der Waals surface area (Å²) in [6, 6.07) is 16.5. The van der Waals surface area contributed by atoms with Crippen molar-refractivity contribution >= 4 is 17.3 Å². The highest BCUT2D eigenvalue weighted by molar-refractivity contribution is 5.93. The number of anilines is 2. The van der Waals surface area contributed by atoms with Gasteiger partial charge in [0.15, 0.2) is 0 Å². The number of benzene rings is 2. The fraction of sp³-hybridized carbons (Fsp3) is 0.316. The van der Waals surface area contributed by atoms with Gasteiger partial charge in [-0.1, -0.05) is 6.07 Å². The molecule has 2 aromatic carbocycles. The predicted octanol–water partition coefficient (Wildman–Crippen LogP) is 2.28. The van der Waals surface area contributed by atoms with Gasteiger partial charge in [0.05, 0.1) is 7.11 Å². The maximum absolute atomic E-state index is 11.4. The molecule has 0 aliphatic carbocycles. The lowest BCUT2D eigenvalue weighted by atomic mass is 10.1. The van der Waals surface area contributed by atoms with Crippen LogP contribution in [0.5, 0.6) is 5.75 Å². The van der Waals surface area contributed by atoms with Crippen LogP contribution in [0.4, 0.5) is 11.4 Å². The molecule has 0 unspecified atom stereocenters. The van der Waals surface area contributed by atoms with E-state index in [1.54, 1.807) is 24.7 Å². The Morgan fingerprint density at radius 1 is 1.08 bits per heavy atom. The zero-order valence-electron chi connectivity index (χ0n) is 14.1. The first-order valence-corrected chi connectivity index (χ1v) is 8.41. The van der Waals surface area contributed by atoms with Crippen molar-refractivity contribution in [3.05, 3.63) is 54.1 Å². The van der Waals surface area contributed by atoms with E-state index in [0.717, 1.165) is 30.9 Å². The molecule has 1 amide bonds. The van der Waals surface area contributed by atoms with E-state index in [1.165, 1.54) is 5.69 Å². The van der Waals surface area contributed by atoms with Crippen LogP contribution in [-0.4, -0.2) is 43.4 Å². The number of hydrogen-bond acceptors (Lipinski definition) is 5. The molecule has 2 aromatic rings. The van der Waals surface area contributed by atoms with Crippen LogP contribution in [0.15, 0.2) is 48.5 Å². The predicted molar refractivity (Wildman–Crippen MR) is 95.6 cm³/mol. The number of rotatable bonds is 4. The molecular weight excluding hydrogens is 318 g/mol. The monoisotopic (exact) mass is 339 g/mol. The zero-order chi connectivity index (χ0) is 17.4. The Bertz CT molecular complexity index is 778. The van der Waals surface area contributed by atoms with Crippen LogP contribution in [0.25, 0.3) is 0 Å². The van der Waals surface area contributed by atoms with Crippen molar-refractivity contribution in [3.63, 3.8) is 0 Å². The van der Waals surface area contributed by atoms with Gasteiger partial charge in [0.2, 0.25) is 0 Å². The summed E-state index contributed by atoms with van der Waals surface area (Å²) in [7, 11) is 1.69. The van der Waals surface area contributed by atoms with Gasteiger partial charge in [-0.3, -0.25) is 10.0 Å². The quantitative estimate of drug-likeness (QED) is 0.661. The average Bonchev–Trinajstić information content (AvgIpc) is 3.28. The maximum atomic E-state index is 11.4. The van der Waals surface area contributed by atoms with Crippen LogP contribution in [0, 0.1) is 0 Å². The van der Waals surface area contributed by atoms with E-state index in [1.807, 2.05) is 24.3 Å². The highest BCUT2D eigenvalue weighted by Crippen LogP contribution is 2.38. The van der Waals surface area contributed by atoms with Gasteiger partial charge in [0, 0.05) is 48.2 Å². The second-order valence-corrected chi connectivity index (χ2v) is 6.54. The van der Waals surface area contributed by atoms with Crippen molar-refractivity contribution in [1.29, 1.82) is 0 Å². The third-order valence-electron chi connectivity index (χ3n) is 5.19. The number of fused-ring (bicyclic) bond motifs is 2. The standard InChI is InChI=1S/C19H21N3O3/c1-25-18-4-2-3-15(10-18)22-12-16-9-17(22)11-21(16)14-7-5-13(6-8-14)19(23)20-24/h2-8,10,16-17,24H,9,11-12H2,1H3,(H,20,23)/t16-,17-/m1/s1. The summed E-state index contributed by atoms with van der Waals surface area (Å²) >= 11 is 0. The largest absolute Gasteiger partial charge is 0.497 e. The molecule has 2 fully saturated rings. The Hall–Kier alpha value is -2.73. The fourth-order valence-corrected chi connectivity index (χ4v) is 3.96. The highest BCUT2D eigenvalue weighted by atomic mass is 16.5. The van der Waals surface area contributed by atoms with E-state index < -0.39 is 5.91 Å². The second kappa shape index (κ2) is 6.29. The van der Waals surface area contributed by atoms with Gasteiger partial charge >= 0.3 is 0 Å². The Morgan fingerprint density at radius 2 is 1.76 bits per heavy atom. The van der Waals surface area contributed by atoms with Crippen LogP contribution < -0.4 is 20.0 Å². The molecule has 2 atom stereocenters. The van der Waals surface area contributed by atoms with Crippen molar-refractivity contribution < 1.29 is 14.7 Å². The molecule has 4 rings (SSSR count). The van der Waals surface area contributed by atoms with Crippen molar-refractivity contribution in [1.82, 2.24) is 5.48 Å². The smallest absolute Gasteiger partial charge is 0.274 e. The molecule has 2 heterocycles. The second-order valence-electron chi connectivity index (χ2n) is 6.54. The average molecular weight is 339 g/mol. The number of nitrogens with zero attached hydrogens (tertiary/aromatic N) is 2. The van der Waals surface area contributed by atoms with E-state index in [0.29, 0.717) is 17.6 Å². The number of carbonyl (C=O) groups is 1. The number of methoxy groups -OCH3 is 1. The van der Waals surface area contributed by atoms with Crippen LogP contribution >= 0.6 is 0 Å². The first-order chi connectivity index (χ1) is 12.2. The molecule has 2 aliphatic rings. The molecule has 2 N–H and O–H groups in total. The summed E-state index contributed by atoms with van der Waals surface area (Å²) in [6.07, 6.45) is 1.14. The Balaban J connectivity index is 1.48. The fourth-order valence-electron chi connectivity index (χ4n) is 3.96. The molecule has 2 aliphatic heterocycles. The lowest BCUT2D eigenvalue weighted by Crippen LogP contribution is -2.46. The van der Waals surface area contributed by atoms with Crippen molar-refractivity contribution in [2.75, 3.05) is 30.0 Å². The molecule has 0 saturated carbocycles. The molecular formula is C19H21N3O3. The molecule has 6 heteroatoms. The first kappa shape index (κ1) is 15.8. The van der Waals surface area contributed by atoms with Gasteiger partial charge in [0.1, 0.15) is 5.75 Å². The number of ether oxygens (including phenoxy) is 1. The lowest BCUT2D eigenvalue weighted by Gasteiger charge is -2.37. The van der Waals surface area contributed by atoms with E-state index in [4.69, 9.17) is 9.94 Å². The maximum Gasteiger partial charge on any atom is 0.274 e. The van der Waals surface area contributed by atoms with Gasteiger partial charge in [-0.25, -0.2) is 5.48 Å². The SMILES string of the molecule is COc1cccc(N2C[C@H]3C[C@@H]2CN3c2ccc(C(=O)NO)cc2)c1. The first-order valence-electron chi connectivity index (χ1n) is 8.41. The Kier molecular flexibility index (Phi) is 3.97. The third kappa shape index (κ3) is 2.78. The Morgan fingerprint density at radius 3 is 2.36 bits per heavy atom. The van der Waals surface area contributed by atoms with Crippen LogP contribution in [-0.2, 0) is 0 Å². The summed E-state index contributed by atoms with van der Waals surface area (Å²) in [5.74, 6) is 0.397. The van der Waals surface area contributed by atoms with E-state index in [-0.39, 0.29) is 0 Å². The molecule has 0 spiro atoms. The highest BCUT2D eigenvalue weighted by Gasteiger charge is 2.43. The third-order valence-corrected chi connectivity index (χ3v) is 5.19. The van der Waals surface area contributed by atoms with Gasteiger partial charge in [0.25, 0.3) is 5.91 Å². The van der Waals surface area contributed by atoms with E-state index >= 15 is 0 Å². The van der Waals surface area contributed by atoms with Crippen LogP contribution in [0.2, 0.25) is 0 Å². The summed E-state index contributed by atoms with van der Waals surface area (Å²) < 4.78 is 5.34. The van der Waals surface area contributed by atoms with E-state index in [9.17, 15) is 4.79 Å². The van der Waals surface area contributed by atoms with Crippen molar-refractivity contribution in [2.45, 2.75) is 18.5 Å². The normalized spacial score (nSPS) is 21.5. The number of hydroxylamine groups is 1. The number of carbonyl (C=O) groups excluding carboxylic acids is 1. The van der Waals surface area contributed by atoms with Gasteiger partial charge in [-0.2, -0.15) is 0 Å². The molecule has 2 bridgehead atoms. The van der Waals surface area contributed by atoms with Crippen LogP contribution in [0.3, 0.4) is 0 Å². The summed E-state index contributed by atoms with van der Waals surface area (Å²) in [4.78, 5) is 16.3. The molecule has 2 saturated heterocycles. The van der Waals surface area contributed by atoms with Gasteiger partial charge in [-0.15, -0.1) is 0 Å². The minimum atomic E-state index is -0.487. The summed E-state index contributed by atoms with van der Waals surface area (Å²) in [5.41, 5.74) is 4.44. The number of piperazine rings is 1. The Labute approximate surface area is 146 Å².